The topological polar surface area (TPSA) is 239 Å². The Morgan fingerprint density at radius 2 is 1.12 bits per heavy atom. The lowest BCUT2D eigenvalue weighted by atomic mass is 9.83. The number of rotatable bonds is 18. The van der Waals surface area contributed by atoms with E-state index in [1.54, 1.807) is 49.2 Å². The van der Waals surface area contributed by atoms with Crippen LogP contribution in [0.1, 0.15) is 168 Å². The predicted molar refractivity (Wildman–Crippen MR) is 324 cm³/mol. The van der Waals surface area contributed by atoms with Crippen molar-refractivity contribution in [2.24, 2.45) is 16.7 Å². The van der Waals surface area contributed by atoms with Gasteiger partial charge in [-0.2, -0.15) is 0 Å². The lowest BCUT2D eigenvalue weighted by Crippen LogP contribution is -2.62. The number of carbonyl (C=O) groups is 8. The summed E-state index contributed by atoms with van der Waals surface area (Å²) in [6.45, 7) is 19.4. The maximum absolute atomic E-state index is 15.1. The van der Waals surface area contributed by atoms with E-state index in [0.29, 0.717) is 12.2 Å². The minimum absolute atomic E-state index is 0.0215. The summed E-state index contributed by atoms with van der Waals surface area (Å²) in [5, 5.41) is 24.7. The summed E-state index contributed by atoms with van der Waals surface area (Å²) in [6, 6.07) is 21.8. The second-order valence-corrected chi connectivity index (χ2v) is 25.8. The van der Waals surface area contributed by atoms with Gasteiger partial charge >= 0.3 is 0 Å². The number of aryl methyl sites for hydroxylation is 2. The van der Waals surface area contributed by atoms with E-state index in [4.69, 9.17) is 0 Å². The number of benzene rings is 4. The second-order valence-electron chi connectivity index (χ2n) is 25.8. The molecule has 0 spiro atoms. The molecule has 450 valence electrons. The van der Waals surface area contributed by atoms with Gasteiger partial charge in [-0.3, -0.25) is 38.4 Å². The first-order chi connectivity index (χ1) is 39.9. The van der Waals surface area contributed by atoms with E-state index in [1.165, 1.54) is 16.0 Å². The molecule has 8 rings (SSSR count). The van der Waals surface area contributed by atoms with Crippen molar-refractivity contribution in [1.82, 2.24) is 47.0 Å². The number of carbonyl (C=O) groups excluding carboxylic acids is 8. The average molecular weight is 1150 g/mol. The quantitative estimate of drug-likeness (QED) is 0.0533. The third-order valence-electron chi connectivity index (χ3n) is 17.2. The maximum atomic E-state index is 15.1. The Hall–Kier alpha value is -7.44. The van der Waals surface area contributed by atoms with Crippen LogP contribution in [-0.4, -0.2) is 119 Å². The summed E-state index contributed by atoms with van der Waals surface area (Å²) in [5.41, 5.74) is 5.58. The molecule has 2 heterocycles. The molecule has 4 aliphatic rings. The van der Waals surface area contributed by atoms with Gasteiger partial charge < -0.3 is 52.3 Å². The molecule has 0 radical (unpaired) electrons. The molecule has 1 fully saturated rings. The number of fused-ring (bicyclic) bond motifs is 3. The van der Waals surface area contributed by atoms with Crippen molar-refractivity contribution in [2.45, 2.75) is 182 Å². The van der Waals surface area contributed by atoms with E-state index in [-0.39, 0.29) is 84.6 Å². The number of likely N-dealkylation sites (tertiary alicyclic amines) is 1. The number of anilines is 1. The summed E-state index contributed by atoms with van der Waals surface area (Å²) in [5.74, 6) is -3.05. The van der Waals surface area contributed by atoms with Gasteiger partial charge in [0.2, 0.25) is 35.4 Å². The van der Waals surface area contributed by atoms with Crippen molar-refractivity contribution in [3.8, 4) is 0 Å². The van der Waals surface area contributed by atoms with Crippen LogP contribution in [0.25, 0.3) is 0 Å². The molecule has 8 N–H and O–H groups in total. The number of amides is 8. The molecule has 1 saturated heterocycles. The van der Waals surface area contributed by atoms with Crippen LogP contribution < -0.4 is 42.5 Å². The molecular formula is C66H88N10O8. The molecule has 0 saturated carbocycles. The number of nitrogens with one attached hydrogen (secondary N) is 8. The van der Waals surface area contributed by atoms with Crippen LogP contribution in [0.4, 0.5) is 5.69 Å². The third kappa shape index (κ3) is 14.5. The van der Waals surface area contributed by atoms with Gasteiger partial charge in [-0.25, -0.2) is 0 Å². The maximum Gasteiger partial charge on any atom is 0.255 e. The summed E-state index contributed by atoms with van der Waals surface area (Å²) < 4.78 is 0. The van der Waals surface area contributed by atoms with E-state index in [0.717, 1.165) is 60.8 Å². The smallest absolute Gasteiger partial charge is 0.255 e. The van der Waals surface area contributed by atoms with E-state index in [1.807, 2.05) is 111 Å². The SMILES string of the molecule is CCNC(C(=O)N[C@H](C(=O)N1Cc2cc(NC(=O)c3ccc(C(=O)N[C@H]4C[C@@H](C(=O)N[C@@H]5CCCc6ccccc65)N(C(=O)C(NC(=O)[C@H](C)NC)C(C)(C)C)C4)cc3)ccc2C[C@H]1C(=O)N[C@@H]1CCCc2ccccc21)C(C)(C)C)C(C)C. The molecule has 4 aromatic rings. The molecule has 18 heteroatoms. The first-order valence-electron chi connectivity index (χ1n) is 30.1. The number of hydrogen-bond donors (Lipinski definition) is 8. The first-order valence-corrected chi connectivity index (χ1v) is 30.1. The first kappa shape index (κ1) is 62.6. The molecule has 2 aliphatic heterocycles. The normalized spacial score (nSPS) is 20.8. The van der Waals surface area contributed by atoms with Gasteiger partial charge in [0.1, 0.15) is 24.2 Å². The zero-order valence-electron chi connectivity index (χ0n) is 50.9. The zero-order valence-corrected chi connectivity index (χ0v) is 50.9. The van der Waals surface area contributed by atoms with Gasteiger partial charge in [0.25, 0.3) is 11.8 Å². The summed E-state index contributed by atoms with van der Waals surface area (Å²) >= 11 is 0. The van der Waals surface area contributed by atoms with E-state index in [9.17, 15) is 33.6 Å². The fourth-order valence-corrected chi connectivity index (χ4v) is 12.3. The lowest BCUT2D eigenvalue weighted by molar-refractivity contribution is -0.147. The highest BCUT2D eigenvalue weighted by Crippen LogP contribution is 2.35. The molecule has 0 aromatic heterocycles. The monoisotopic (exact) mass is 1150 g/mol. The molecular weight excluding hydrogens is 1060 g/mol. The van der Waals surface area contributed by atoms with Gasteiger partial charge in [-0.1, -0.05) is 117 Å². The highest BCUT2D eigenvalue weighted by atomic mass is 16.2. The Morgan fingerprint density at radius 3 is 1.65 bits per heavy atom. The van der Waals surface area contributed by atoms with Gasteiger partial charge in [-0.05, 0) is 152 Å². The number of nitrogens with zero attached hydrogens (tertiary/aromatic N) is 2. The van der Waals surface area contributed by atoms with Crippen LogP contribution in [-0.2, 0) is 54.6 Å². The van der Waals surface area contributed by atoms with Crippen LogP contribution in [0.2, 0.25) is 0 Å². The molecule has 0 bridgehead atoms. The Kier molecular flexibility index (Phi) is 19.9. The van der Waals surface area contributed by atoms with Crippen molar-refractivity contribution in [2.75, 3.05) is 25.5 Å². The standard InChI is InChI=1S/C66H88N10O8/c1-12-68-54(38(2)3)62(82)74-56(66(8,9)10)63(83)75-36-45-33-46(32-31-44(45)34-52(75)60(80)71-50-25-17-21-40-19-13-15-23-48(40)50)69-58(78)42-27-29-43(30-28-42)59(79)70-47-35-53(61(81)72-51-26-18-22-41-20-14-16-24-49(41)51)76(37-47)64(84)55(65(5,6)7)73-57(77)39(4)67-11/h13-16,19-20,23-24,27-33,38-39,47,50-56,67-68H,12,17-18,21-22,25-26,34-37H2,1-11H3,(H,69,78)(H,70,79)(H,71,80)(H,72,81)(H,73,77)(H,74,82)/t39-,47-,50+,51+,52-,53-,54?,55?,56+/m0/s1. The zero-order chi connectivity index (χ0) is 60.8. The Morgan fingerprint density at radius 1 is 0.595 bits per heavy atom. The van der Waals surface area contributed by atoms with Crippen molar-refractivity contribution < 1.29 is 38.4 Å². The second kappa shape index (κ2) is 26.6. The molecule has 4 aromatic carbocycles. The molecule has 9 atom stereocenters. The van der Waals surface area contributed by atoms with Crippen LogP contribution in [0.5, 0.6) is 0 Å². The molecule has 2 unspecified atom stereocenters. The fourth-order valence-electron chi connectivity index (χ4n) is 12.3. The van der Waals surface area contributed by atoms with Crippen LogP contribution in [0.3, 0.4) is 0 Å². The average Bonchev–Trinajstić information content (AvgIpc) is 1.54. The number of hydrogen-bond acceptors (Lipinski definition) is 10. The lowest BCUT2D eigenvalue weighted by Gasteiger charge is -2.42. The highest BCUT2D eigenvalue weighted by molar-refractivity contribution is 6.05. The summed E-state index contributed by atoms with van der Waals surface area (Å²) in [7, 11) is 1.66. The minimum Gasteiger partial charge on any atom is -0.347 e. The Labute approximate surface area is 495 Å². The molecule has 8 amide bonds. The van der Waals surface area contributed by atoms with Gasteiger partial charge in [-0.15, -0.1) is 0 Å². The number of likely N-dealkylation sites (N-methyl/N-ethyl adjacent to an activating group) is 2. The van der Waals surface area contributed by atoms with E-state index in [2.05, 4.69) is 54.7 Å². The van der Waals surface area contributed by atoms with Crippen molar-refractivity contribution in [3.63, 3.8) is 0 Å². The minimum atomic E-state index is -0.978. The van der Waals surface area contributed by atoms with E-state index >= 15 is 4.79 Å². The van der Waals surface area contributed by atoms with Crippen molar-refractivity contribution >= 4 is 52.9 Å². The van der Waals surface area contributed by atoms with Gasteiger partial charge in [0.15, 0.2) is 0 Å². The largest absolute Gasteiger partial charge is 0.347 e. The van der Waals surface area contributed by atoms with Crippen LogP contribution >= 0.6 is 0 Å². The third-order valence-corrected chi connectivity index (χ3v) is 17.2. The summed E-state index contributed by atoms with van der Waals surface area (Å²) in [4.78, 5) is 117. The fraction of sp³-hybridized carbons (Fsp3) is 0.515. The van der Waals surface area contributed by atoms with Crippen molar-refractivity contribution in [1.29, 1.82) is 0 Å². The van der Waals surface area contributed by atoms with Crippen LogP contribution in [0, 0.1) is 16.7 Å². The Balaban J connectivity index is 0.980. The molecule has 2 aliphatic carbocycles. The predicted octanol–water partition coefficient (Wildman–Crippen LogP) is 6.58. The van der Waals surface area contributed by atoms with Crippen LogP contribution in [0.15, 0.2) is 91.0 Å². The van der Waals surface area contributed by atoms with Crippen molar-refractivity contribution in [3.05, 3.63) is 136 Å². The van der Waals surface area contributed by atoms with Gasteiger partial charge in [0, 0.05) is 42.4 Å². The molecule has 18 nitrogen and oxygen atoms in total. The summed E-state index contributed by atoms with van der Waals surface area (Å²) in [6.07, 6.45) is 5.49. The van der Waals surface area contributed by atoms with Gasteiger partial charge in [0.05, 0.1) is 24.2 Å². The van der Waals surface area contributed by atoms with E-state index < -0.39 is 70.8 Å². The molecule has 84 heavy (non-hydrogen) atoms. The highest BCUT2D eigenvalue weighted by Gasteiger charge is 2.47. The Bertz CT molecular complexity index is 3090.